The van der Waals surface area contributed by atoms with Crippen LogP contribution in [0.3, 0.4) is 0 Å². The molecule has 0 atom stereocenters. The van der Waals surface area contributed by atoms with Gasteiger partial charge in [0.05, 0.1) is 0 Å². The molecule has 5 rings (SSSR count). The zero-order chi connectivity index (χ0) is 29.8. The van der Waals surface area contributed by atoms with Crippen molar-refractivity contribution in [2.75, 3.05) is 14.1 Å². The molecule has 0 saturated heterocycles. The molecule has 0 aliphatic rings. The molecule has 11 heteroatoms. The Labute approximate surface area is 248 Å². The van der Waals surface area contributed by atoms with Crippen LogP contribution >= 0.6 is 11.6 Å². The molecule has 214 valence electrons. The van der Waals surface area contributed by atoms with Crippen LogP contribution in [0.25, 0.3) is 33.6 Å². The molecule has 0 unspecified atom stereocenters. The molecule has 10 nitrogen and oxygen atoms in total. The first kappa shape index (κ1) is 28.7. The van der Waals surface area contributed by atoms with Crippen LogP contribution in [0.5, 0.6) is 0 Å². The summed E-state index contributed by atoms with van der Waals surface area (Å²) < 4.78 is 1.69. The topological polar surface area (TPSA) is 130 Å². The SMILES string of the molecule is CCCCc1nc(Cl)c(C(=O)O)n1Cc1ccc(-c2cc(-c3ccc(C(=O)N(C)C)cc3)ccc2-c2nn[nH]n2)cc1. The lowest BCUT2D eigenvalue weighted by Crippen LogP contribution is -2.21. The van der Waals surface area contributed by atoms with Crippen LogP contribution in [0, 0.1) is 0 Å². The van der Waals surface area contributed by atoms with Gasteiger partial charge in [-0.2, -0.15) is 5.21 Å². The average molecular weight is 584 g/mol. The molecule has 3 aromatic carbocycles. The van der Waals surface area contributed by atoms with Crippen molar-refractivity contribution in [3.05, 3.63) is 94.5 Å². The van der Waals surface area contributed by atoms with Gasteiger partial charge in [0.2, 0.25) is 5.82 Å². The summed E-state index contributed by atoms with van der Waals surface area (Å²) in [5, 5.41) is 24.4. The molecule has 0 aliphatic carbocycles. The summed E-state index contributed by atoms with van der Waals surface area (Å²) in [5.74, 6) is -0.0331. The molecule has 0 radical (unpaired) electrons. The predicted octanol–water partition coefficient (Wildman–Crippen LogP) is 5.84. The van der Waals surface area contributed by atoms with E-state index in [0.717, 1.165) is 46.2 Å². The number of halogens is 1. The number of aromatic nitrogens is 6. The third kappa shape index (κ3) is 5.94. The summed E-state index contributed by atoms with van der Waals surface area (Å²) in [6, 6.07) is 21.4. The van der Waals surface area contributed by atoms with E-state index in [1.54, 1.807) is 23.6 Å². The number of carbonyl (C=O) groups is 2. The van der Waals surface area contributed by atoms with E-state index in [1.165, 1.54) is 0 Å². The lowest BCUT2D eigenvalue weighted by atomic mass is 9.93. The second kappa shape index (κ2) is 12.4. The lowest BCUT2D eigenvalue weighted by molar-refractivity contribution is 0.0685. The molecule has 0 fully saturated rings. The number of tetrazole rings is 1. The Hall–Kier alpha value is -4.83. The van der Waals surface area contributed by atoms with Crippen molar-refractivity contribution in [3.8, 4) is 33.6 Å². The van der Waals surface area contributed by atoms with Gasteiger partial charge in [0.1, 0.15) is 5.82 Å². The van der Waals surface area contributed by atoms with E-state index < -0.39 is 5.97 Å². The van der Waals surface area contributed by atoms with Gasteiger partial charge in [0.25, 0.3) is 5.91 Å². The monoisotopic (exact) mass is 583 g/mol. The quantitative estimate of drug-likeness (QED) is 0.211. The third-order valence-electron chi connectivity index (χ3n) is 7.04. The summed E-state index contributed by atoms with van der Waals surface area (Å²) in [7, 11) is 3.46. The van der Waals surface area contributed by atoms with Gasteiger partial charge in [-0.15, -0.1) is 10.2 Å². The van der Waals surface area contributed by atoms with E-state index in [0.29, 0.717) is 30.2 Å². The Morgan fingerprint density at radius 3 is 2.26 bits per heavy atom. The summed E-state index contributed by atoms with van der Waals surface area (Å²) in [5.41, 5.74) is 6.07. The lowest BCUT2D eigenvalue weighted by Gasteiger charge is -2.14. The minimum absolute atomic E-state index is 0.00256. The molecule has 1 amide bonds. The van der Waals surface area contributed by atoms with Gasteiger partial charge in [-0.25, -0.2) is 9.78 Å². The Kier molecular flexibility index (Phi) is 8.44. The number of aromatic carboxylic acids is 1. The van der Waals surface area contributed by atoms with Crippen molar-refractivity contribution < 1.29 is 14.7 Å². The minimum Gasteiger partial charge on any atom is -0.476 e. The number of carboxylic acids is 1. The van der Waals surface area contributed by atoms with Crippen LogP contribution in [0.2, 0.25) is 5.15 Å². The Morgan fingerprint density at radius 2 is 1.64 bits per heavy atom. The Bertz CT molecular complexity index is 1710. The van der Waals surface area contributed by atoms with Crippen molar-refractivity contribution in [2.45, 2.75) is 32.7 Å². The van der Waals surface area contributed by atoms with Crippen LogP contribution in [0.1, 0.15) is 52.0 Å². The van der Waals surface area contributed by atoms with E-state index in [-0.39, 0.29) is 16.8 Å². The number of amides is 1. The second-order valence-electron chi connectivity index (χ2n) is 10.1. The molecule has 0 saturated carbocycles. The zero-order valence-corrected chi connectivity index (χ0v) is 24.3. The highest BCUT2D eigenvalue weighted by atomic mass is 35.5. The molecule has 2 N–H and O–H groups in total. The summed E-state index contributed by atoms with van der Waals surface area (Å²) >= 11 is 6.21. The fourth-order valence-electron chi connectivity index (χ4n) is 4.84. The maximum atomic E-state index is 12.3. The predicted molar refractivity (Wildman–Crippen MR) is 160 cm³/mol. The number of aromatic amines is 1. The molecular weight excluding hydrogens is 554 g/mol. The molecule has 5 aromatic rings. The molecule has 2 heterocycles. The molecule has 42 heavy (non-hydrogen) atoms. The number of carbonyl (C=O) groups excluding carboxylic acids is 1. The first-order valence-corrected chi connectivity index (χ1v) is 13.9. The maximum absolute atomic E-state index is 12.3. The van der Waals surface area contributed by atoms with Crippen LogP contribution in [-0.2, 0) is 13.0 Å². The Morgan fingerprint density at radius 1 is 0.952 bits per heavy atom. The van der Waals surface area contributed by atoms with E-state index in [1.807, 2.05) is 60.7 Å². The standard InChI is InChI=1S/C31H30ClN7O3/c1-4-5-6-26-33-28(32)27(31(41)42)39(26)18-19-7-9-21(10-8-19)25-17-23(15-16-24(25)29-34-36-37-35-29)20-11-13-22(14-12-20)30(40)38(2)3/h7-17H,4-6,18H2,1-3H3,(H,41,42)(H,34,35,36,37). The Balaban J connectivity index is 1.50. The number of benzene rings is 3. The van der Waals surface area contributed by atoms with E-state index in [9.17, 15) is 14.7 Å². The van der Waals surface area contributed by atoms with Crippen LogP contribution in [0.4, 0.5) is 0 Å². The number of unbranched alkanes of at least 4 members (excludes halogenated alkanes) is 1. The van der Waals surface area contributed by atoms with Crippen molar-refractivity contribution in [2.24, 2.45) is 0 Å². The van der Waals surface area contributed by atoms with E-state index in [2.05, 4.69) is 38.6 Å². The van der Waals surface area contributed by atoms with Crippen molar-refractivity contribution in [1.82, 2.24) is 35.1 Å². The number of hydrogen-bond acceptors (Lipinski definition) is 6. The normalized spacial score (nSPS) is 11.0. The number of carboxylic acid groups (broad SMARTS) is 1. The first-order valence-electron chi connectivity index (χ1n) is 13.5. The minimum atomic E-state index is -1.10. The van der Waals surface area contributed by atoms with Gasteiger partial charge in [-0.1, -0.05) is 67.4 Å². The number of H-pyrrole nitrogens is 1. The number of hydrogen-bond donors (Lipinski definition) is 2. The number of nitrogens with one attached hydrogen (secondary N) is 1. The number of imidazole rings is 1. The van der Waals surface area contributed by atoms with Crippen LogP contribution < -0.4 is 0 Å². The molecule has 0 spiro atoms. The van der Waals surface area contributed by atoms with Crippen LogP contribution in [-0.4, -0.2) is 66.2 Å². The summed E-state index contributed by atoms with van der Waals surface area (Å²) in [6.07, 6.45) is 2.49. The summed E-state index contributed by atoms with van der Waals surface area (Å²) in [6.45, 7) is 2.40. The van der Waals surface area contributed by atoms with Gasteiger partial charge in [-0.05, 0) is 63.7 Å². The highest BCUT2D eigenvalue weighted by Crippen LogP contribution is 2.34. The van der Waals surface area contributed by atoms with E-state index in [4.69, 9.17) is 11.6 Å². The summed E-state index contributed by atoms with van der Waals surface area (Å²) in [4.78, 5) is 30.2. The van der Waals surface area contributed by atoms with Gasteiger partial charge in [0.15, 0.2) is 10.8 Å². The van der Waals surface area contributed by atoms with Crippen molar-refractivity contribution >= 4 is 23.5 Å². The molecule has 0 aliphatic heterocycles. The number of rotatable bonds is 10. The number of nitrogens with zero attached hydrogens (tertiary/aromatic N) is 6. The maximum Gasteiger partial charge on any atom is 0.355 e. The third-order valence-corrected chi connectivity index (χ3v) is 7.31. The van der Waals surface area contributed by atoms with Crippen molar-refractivity contribution in [1.29, 1.82) is 0 Å². The highest BCUT2D eigenvalue weighted by Gasteiger charge is 2.22. The number of aryl methyl sites for hydroxylation is 1. The first-order chi connectivity index (χ1) is 20.3. The fraction of sp³-hybridized carbons (Fsp3) is 0.226. The molecular formula is C31H30ClN7O3. The second-order valence-corrected chi connectivity index (χ2v) is 10.5. The fourth-order valence-corrected chi connectivity index (χ4v) is 5.12. The largest absolute Gasteiger partial charge is 0.476 e. The van der Waals surface area contributed by atoms with Crippen molar-refractivity contribution in [3.63, 3.8) is 0 Å². The highest BCUT2D eigenvalue weighted by molar-refractivity contribution is 6.32. The smallest absolute Gasteiger partial charge is 0.355 e. The molecule has 0 bridgehead atoms. The molecule has 2 aromatic heterocycles. The van der Waals surface area contributed by atoms with Gasteiger partial charge in [-0.3, -0.25) is 4.79 Å². The van der Waals surface area contributed by atoms with Gasteiger partial charge >= 0.3 is 5.97 Å². The van der Waals surface area contributed by atoms with Gasteiger partial charge in [0, 0.05) is 38.2 Å². The van der Waals surface area contributed by atoms with Gasteiger partial charge < -0.3 is 14.6 Å². The zero-order valence-electron chi connectivity index (χ0n) is 23.5. The van der Waals surface area contributed by atoms with Crippen LogP contribution in [0.15, 0.2) is 66.7 Å². The van der Waals surface area contributed by atoms with E-state index >= 15 is 0 Å². The average Bonchev–Trinajstić information content (AvgIpc) is 3.64.